The minimum atomic E-state index is -0.645. The summed E-state index contributed by atoms with van der Waals surface area (Å²) >= 11 is 0. The number of carbonyl (C=O) groups is 5. The van der Waals surface area contributed by atoms with Crippen LogP contribution in [-0.4, -0.2) is 75.8 Å². The molecule has 0 fully saturated rings. The molecule has 9 nitrogen and oxygen atoms in total. The van der Waals surface area contributed by atoms with E-state index in [0.29, 0.717) is 6.29 Å². The van der Waals surface area contributed by atoms with Crippen LogP contribution in [0.25, 0.3) is 0 Å². The minimum absolute atomic E-state index is 0.0610. The zero-order valence-electron chi connectivity index (χ0n) is 12.8. The lowest BCUT2D eigenvalue weighted by Crippen LogP contribution is -2.42. The van der Waals surface area contributed by atoms with Crippen molar-refractivity contribution in [3.05, 3.63) is 12.2 Å². The molecule has 0 aromatic heterocycles. The number of aldehydes is 1. The smallest absolute Gasteiger partial charge is 0.246 e. The Morgan fingerprint density at radius 3 is 2.39 bits per heavy atom. The van der Waals surface area contributed by atoms with Gasteiger partial charge in [-0.2, -0.15) is 0 Å². The van der Waals surface area contributed by atoms with Crippen molar-refractivity contribution in [2.75, 3.05) is 33.4 Å². The first-order valence-corrected chi connectivity index (χ1v) is 6.76. The van der Waals surface area contributed by atoms with E-state index in [1.165, 1.54) is 11.9 Å². The molecule has 0 bridgehead atoms. The van der Waals surface area contributed by atoms with Gasteiger partial charge in [0, 0.05) is 26.1 Å². The van der Waals surface area contributed by atoms with Crippen molar-refractivity contribution in [3.63, 3.8) is 0 Å². The van der Waals surface area contributed by atoms with Crippen LogP contribution in [0, 0.1) is 0 Å². The van der Waals surface area contributed by atoms with Gasteiger partial charge in [-0.05, 0) is 6.08 Å². The Morgan fingerprint density at radius 2 is 1.78 bits per heavy atom. The van der Waals surface area contributed by atoms with E-state index in [2.05, 4.69) is 16.0 Å². The second kappa shape index (κ2) is 12.1. The van der Waals surface area contributed by atoms with Gasteiger partial charge in [-0.3, -0.25) is 24.5 Å². The normalized spacial score (nSPS) is 10.1. The summed E-state index contributed by atoms with van der Waals surface area (Å²) in [7, 11) is 6.37. The minimum Gasteiger partial charge on any atom is -0.349 e. The molecule has 3 amide bonds. The van der Waals surface area contributed by atoms with Crippen LogP contribution in [0.1, 0.15) is 6.42 Å². The highest BCUT2D eigenvalue weighted by molar-refractivity contribution is 6.58. The van der Waals surface area contributed by atoms with Crippen molar-refractivity contribution >= 4 is 37.5 Å². The number of likely N-dealkylation sites (N-methyl/N-ethyl adjacent to an activating group) is 1. The Balaban J connectivity index is 3.77. The van der Waals surface area contributed by atoms with E-state index in [9.17, 15) is 24.0 Å². The monoisotopic (exact) mass is 322 g/mol. The maximum absolute atomic E-state index is 11.5. The maximum atomic E-state index is 11.5. The van der Waals surface area contributed by atoms with Gasteiger partial charge in [0.2, 0.25) is 17.7 Å². The Hall–Kier alpha value is -2.49. The standard InChI is InChI=1S/C13H19BN4O5/c1-18(13(23)3-2-6-19)5-4-11(21)17-9-15-8-12(22)16-7-10(14)20/h2-3,6,15H,4-5,7-9H2,1H3,(H,16,22)(H,17,21)/b3-2-. The van der Waals surface area contributed by atoms with Crippen LogP contribution in [0.4, 0.5) is 0 Å². The first kappa shape index (κ1) is 20.5. The Bertz CT molecular complexity index is 481. The van der Waals surface area contributed by atoms with Crippen molar-refractivity contribution in [3.8, 4) is 0 Å². The third kappa shape index (κ3) is 11.8. The van der Waals surface area contributed by atoms with E-state index in [0.717, 1.165) is 12.2 Å². The van der Waals surface area contributed by atoms with Crippen LogP contribution in [0.5, 0.6) is 0 Å². The summed E-state index contributed by atoms with van der Waals surface area (Å²) in [6, 6.07) is 0. The van der Waals surface area contributed by atoms with E-state index < -0.39 is 11.6 Å². The molecule has 23 heavy (non-hydrogen) atoms. The molecule has 0 heterocycles. The molecule has 2 radical (unpaired) electrons. The number of nitrogens with one attached hydrogen (secondary N) is 3. The molecule has 10 heteroatoms. The molecule has 0 aromatic rings. The first-order valence-electron chi connectivity index (χ1n) is 6.76. The third-order valence-electron chi connectivity index (χ3n) is 2.52. The lowest BCUT2D eigenvalue weighted by Gasteiger charge is -2.14. The molecule has 0 aromatic carbocycles. The van der Waals surface area contributed by atoms with Gasteiger partial charge in [0.15, 0.2) is 7.85 Å². The molecule has 124 valence electrons. The highest BCUT2D eigenvalue weighted by atomic mass is 16.2. The van der Waals surface area contributed by atoms with Gasteiger partial charge in [-0.25, -0.2) is 0 Å². The number of amides is 3. The highest BCUT2D eigenvalue weighted by Gasteiger charge is 2.08. The number of hydrogen-bond donors (Lipinski definition) is 3. The van der Waals surface area contributed by atoms with Crippen molar-refractivity contribution in [2.24, 2.45) is 0 Å². The van der Waals surface area contributed by atoms with Crippen molar-refractivity contribution in [1.29, 1.82) is 0 Å². The average molecular weight is 322 g/mol. The van der Waals surface area contributed by atoms with Crippen molar-refractivity contribution in [2.45, 2.75) is 6.42 Å². The zero-order valence-corrected chi connectivity index (χ0v) is 12.8. The molecule has 0 aliphatic rings. The van der Waals surface area contributed by atoms with Gasteiger partial charge in [0.05, 0.1) is 25.4 Å². The quantitative estimate of drug-likeness (QED) is 0.123. The van der Waals surface area contributed by atoms with Crippen LogP contribution in [0.3, 0.4) is 0 Å². The van der Waals surface area contributed by atoms with Crippen LogP contribution < -0.4 is 16.0 Å². The molecule has 0 spiro atoms. The molecule has 0 atom stereocenters. The van der Waals surface area contributed by atoms with Crippen molar-refractivity contribution in [1.82, 2.24) is 20.9 Å². The van der Waals surface area contributed by atoms with Gasteiger partial charge in [-0.15, -0.1) is 0 Å². The van der Waals surface area contributed by atoms with Gasteiger partial charge in [0.25, 0.3) is 0 Å². The SMILES string of the molecule is [B]C(=O)CNC(=O)CNCNC(=O)CCN(C)C(=O)/C=C\C=O. The summed E-state index contributed by atoms with van der Waals surface area (Å²) in [5, 5.41) is 7.43. The Labute approximate surface area is 135 Å². The molecular formula is C13H19BN4O5. The van der Waals surface area contributed by atoms with E-state index in [4.69, 9.17) is 7.85 Å². The Morgan fingerprint density at radius 1 is 1.09 bits per heavy atom. The average Bonchev–Trinajstić information content (AvgIpc) is 2.52. The fourth-order valence-corrected chi connectivity index (χ4v) is 1.30. The topological polar surface area (TPSA) is 125 Å². The van der Waals surface area contributed by atoms with Gasteiger partial charge in [-0.1, -0.05) is 0 Å². The molecule has 0 aliphatic heterocycles. The van der Waals surface area contributed by atoms with Crippen LogP contribution in [0.15, 0.2) is 12.2 Å². The number of rotatable bonds is 11. The molecule has 0 rings (SSSR count). The molecule has 0 saturated heterocycles. The van der Waals surface area contributed by atoms with E-state index in [1.54, 1.807) is 0 Å². The van der Waals surface area contributed by atoms with Crippen LogP contribution in [-0.2, 0) is 24.0 Å². The van der Waals surface area contributed by atoms with Gasteiger partial charge >= 0.3 is 0 Å². The fraction of sp³-hybridized carbons (Fsp3) is 0.462. The predicted octanol–water partition coefficient (Wildman–Crippen LogP) is -2.94. The largest absolute Gasteiger partial charge is 0.349 e. The zero-order chi connectivity index (χ0) is 17.7. The summed E-state index contributed by atoms with van der Waals surface area (Å²) in [5.74, 6) is -1.12. The second-order valence-corrected chi connectivity index (χ2v) is 4.45. The van der Waals surface area contributed by atoms with Gasteiger partial charge < -0.3 is 20.3 Å². The summed E-state index contributed by atoms with van der Waals surface area (Å²) in [6.45, 7) is -0.0767. The lowest BCUT2D eigenvalue weighted by atomic mass is 10.0. The maximum Gasteiger partial charge on any atom is 0.246 e. The first-order chi connectivity index (χ1) is 10.9. The van der Waals surface area contributed by atoms with E-state index in [-0.39, 0.29) is 44.5 Å². The molecule has 0 unspecified atom stereocenters. The highest BCUT2D eigenvalue weighted by Crippen LogP contribution is 1.90. The predicted molar refractivity (Wildman–Crippen MR) is 82.2 cm³/mol. The van der Waals surface area contributed by atoms with E-state index >= 15 is 0 Å². The molecular weight excluding hydrogens is 303 g/mol. The summed E-state index contributed by atoms with van der Waals surface area (Å²) in [4.78, 5) is 56.0. The van der Waals surface area contributed by atoms with Crippen LogP contribution in [0.2, 0.25) is 0 Å². The molecule has 0 aliphatic carbocycles. The third-order valence-corrected chi connectivity index (χ3v) is 2.52. The van der Waals surface area contributed by atoms with Crippen LogP contribution >= 0.6 is 0 Å². The summed E-state index contributed by atoms with van der Waals surface area (Å²) in [6.07, 6.45) is 2.75. The number of allylic oxidation sites excluding steroid dienone is 1. The number of hydrogen-bond acceptors (Lipinski definition) is 6. The summed E-state index contributed by atoms with van der Waals surface area (Å²) < 4.78 is 0. The number of carbonyl (C=O) groups excluding carboxylic acids is 5. The van der Waals surface area contributed by atoms with E-state index in [1.807, 2.05) is 0 Å². The Kier molecular flexibility index (Phi) is 10.8. The van der Waals surface area contributed by atoms with Crippen molar-refractivity contribution < 1.29 is 24.0 Å². The number of nitrogens with zero attached hydrogens (tertiary/aromatic N) is 1. The summed E-state index contributed by atoms with van der Waals surface area (Å²) in [5.41, 5.74) is -0.645. The van der Waals surface area contributed by atoms with Gasteiger partial charge in [0.1, 0.15) is 6.29 Å². The molecule has 0 saturated carbocycles. The molecule has 3 N–H and O–H groups in total. The lowest BCUT2D eigenvalue weighted by molar-refractivity contribution is -0.126. The second-order valence-electron chi connectivity index (χ2n) is 4.45. The fourth-order valence-electron chi connectivity index (χ4n) is 1.30.